The monoisotopic (exact) mass is 303 g/mol. The summed E-state index contributed by atoms with van der Waals surface area (Å²) in [5.74, 6) is 2.40. The number of hydrogen-bond acceptors (Lipinski definition) is 1. The molecule has 1 saturated carbocycles. The third-order valence-electron chi connectivity index (χ3n) is 5.79. The zero-order valence-corrected chi connectivity index (χ0v) is 15.8. The number of allylic oxidation sites excluding steroid dienone is 3. The van der Waals surface area contributed by atoms with Gasteiger partial charge in [0.05, 0.1) is 0 Å². The molecule has 0 radical (unpaired) electrons. The third-order valence-corrected chi connectivity index (χ3v) is 5.79. The van der Waals surface area contributed by atoms with E-state index in [1.807, 2.05) is 0 Å². The lowest BCUT2D eigenvalue weighted by atomic mass is 9.73. The second-order valence-electron chi connectivity index (χ2n) is 7.55. The van der Waals surface area contributed by atoms with Crippen LogP contribution in [0.5, 0.6) is 0 Å². The summed E-state index contributed by atoms with van der Waals surface area (Å²) in [4.78, 5) is 0. The van der Waals surface area contributed by atoms with E-state index in [9.17, 15) is 0 Å². The Morgan fingerprint density at radius 1 is 1.14 bits per heavy atom. The number of rotatable bonds is 6. The summed E-state index contributed by atoms with van der Waals surface area (Å²) >= 11 is 0. The van der Waals surface area contributed by atoms with E-state index in [1.165, 1.54) is 48.0 Å². The maximum absolute atomic E-state index is 6.12. The smallest absolute Gasteiger partial charge is 0.0316 e. The molecule has 1 unspecified atom stereocenters. The van der Waals surface area contributed by atoms with Gasteiger partial charge in [0.2, 0.25) is 0 Å². The van der Waals surface area contributed by atoms with E-state index >= 15 is 0 Å². The minimum absolute atomic E-state index is 0.649. The lowest BCUT2D eigenvalue weighted by Gasteiger charge is -2.32. The number of nitrogens with two attached hydrogens (primary N) is 1. The van der Waals surface area contributed by atoms with Gasteiger partial charge >= 0.3 is 0 Å². The van der Waals surface area contributed by atoms with Crippen LogP contribution in [-0.2, 0) is 0 Å². The zero-order valence-electron chi connectivity index (χ0n) is 15.8. The van der Waals surface area contributed by atoms with Gasteiger partial charge in [0.1, 0.15) is 0 Å². The van der Waals surface area contributed by atoms with E-state index in [2.05, 4.69) is 48.1 Å². The minimum Gasteiger partial charge on any atom is -0.399 e. The predicted molar refractivity (Wildman–Crippen MR) is 99.6 cm³/mol. The summed E-state index contributed by atoms with van der Waals surface area (Å²) in [6, 6.07) is 0. The van der Waals surface area contributed by atoms with Crippen LogP contribution >= 0.6 is 0 Å². The highest BCUT2D eigenvalue weighted by molar-refractivity contribution is 5.48. The molecule has 126 valence electrons. The van der Waals surface area contributed by atoms with Crippen molar-refractivity contribution in [2.45, 2.75) is 80.1 Å². The largest absolute Gasteiger partial charge is 0.399 e. The standard InChI is InChI=1S/C21H37N/c1-8-9-15(3)21(19(7)22)18(6)16(4)17(5)20-12-10-14(2)11-13-20/h14,17,20H,7-13,22H2,1-6H3/b18-16+,21-15-. The second kappa shape index (κ2) is 8.60. The predicted octanol–water partition coefficient (Wildman–Crippen LogP) is 6.37. The molecule has 0 amide bonds. The van der Waals surface area contributed by atoms with E-state index in [0.29, 0.717) is 5.92 Å². The molecule has 1 heteroatoms. The molecule has 0 spiro atoms. The SMILES string of the molecule is C=C(N)C(=C(/C)CCC)/C(C)=C(\C)C(C)C1CCC(C)CC1. The van der Waals surface area contributed by atoms with Gasteiger partial charge in [-0.25, -0.2) is 0 Å². The summed E-state index contributed by atoms with van der Waals surface area (Å²) < 4.78 is 0. The Morgan fingerprint density at radius 3 is 2.14 bits per heavy atom. The Hall–Kier alpha value is -0.980. The molecule has 0 aromatic rings. The quantitative estimate of drug-likeness (QED) is 0.566. The van der Waals surface area contributed by atoms with Gasteiger partial charge < -0.3 is 5.73 Å². The van der Waals surface area contributed by atoms with Crippen LogP contribution in [0.2, 0.25) is 0 Å². The van der Waals surface area contributed by atoms with Crippen molar-refractivity contribution in [2.24, 2.45) is 23.5 Å². The van der Waals surface area contributed by atoms with Gasteiger partial charge in [-0.3, -0.25) is 0 Å². The summed E-state index contributed by atoms with van der Waals surface area (Å²) in [5.41, 5.74) is 12.3. The van der Waals surface area contributed by atoms with Crippen molar-refractivity contribution < 1.29 is 0 Å². The summed E-state index contributed by atoms with van der Waals surface area (Å²) in [6.07, 6.45) is 7.80. The van der Waals surface area contributed by atoms with E-state index in [-0.39, 0.29) is 0 Å². The summed E-state index contributed by atoms with van der Waals surface area (Å²) in [6.45, 7) is 17.8. The molecule has 1 nitrogen and oxygen atoms in total. The first kappa shape index (κ1) is 19.1. The first-order valence-corrected chi connectivity index (χ1v) is 9.11. The van der Waals surface area contributed by atoms with E-state index in [4.69, 9.17) is 5.73 Å². The summed E-state index contributed by atoms with van der Waals surface area (Å²) in [7, 11) is 0. The van der Waals surface area contributed by atoms with Crippen LogP contribution in [0.4, 0.5) is 0 Å². The first-order chi connectivity index (χ1) is 10.3. The van der Waals surface area contributed by atoms with E-state index in [0.717, 1.165) is 30.4 Å². The van der Waals surface area contributed by atoms with Crippen LogP contribution in [0.3, 0.4) is 0 Å². The Bertz CT molecular complexity index is 445. The van der Waals surface area contributed by atoms with Gasteiger partial charge in [-0.15, -0.1) is 0 Å². The molecular formula is C21H37N. The van der Waals surface area contributed by atoms with Crippen molar-refractivity contribution >= 4 is 0 Å². The highest BCUT2D eigenvalue weighted by Crippen LogP contribution is 2.38. The topological polar surface area (TPSA) is 26.0 Å². The fraction of sp³-hybridized carbons (Fsp3) is 0.714. The van der Waals surface area contributed by atoms with Crippen LogP contribution in [-0.4, -0.2) is 0 Å². The molecule has 1 fully saturated rings. The van der Waals surface area contributed by atoms with Gasteiger partial charge in [-0.2, -0.15) is 0 Å². The van der Waals surface area contributed by atoms with Crippen molar-refractivity contribution in [3.05, 3.63) is 34.6 Å². The molecular weight excluding hydrogens is 266 g/mol. The summed E-state index contributed by atoms with van der Waals surface area (Å²) in [5, 5.41) is 0. The van der Waals surface area contributed by atoms with Crippen LogP contribution in [0, 0.1) is 17.8 Å². The molecule has 0 aromatic heterocycles. The molecule has 1 aliphatic carbocycles. The average molecular weight is 304 g/mol. The maximum atomic E-state index is 6.12. The van der Waals surface area contributed by atoms with Crippen molar-refractivity contribution in [1.29, 1.82) is 0 Å². The molecule has 1 atom stereocenters. The lowest BCUT2D eigenvalue weighted by Crippen LogP contribution is -2.20. The van der Waals surface area contributed by atoms with Crippen molar-refractivity contribution in [3.8, 4) is 0 Å². The normalized spacial score (nSPS) is 26.1. The van der Waals surface area contributed by atoms with Crippen LogP contribution < -0.4 is 5.73 Å². The van der Waals surface area contributed by atoms with Crippen LogP contribution in [0.1, 0.15) is 80.1 Å². The van der Waals surface area contributed by atoms with Gasteiger partial charge in [0, 0.05) is 5.70 Å². The molecule has 22 heavy (non-hydrogen) atoms. The lowest BCUT2D eigenvalue weighted by molar-refractivity contribution is 0.242. The van der Waals surface area contributed by atoms with Crippen molar-refractivity contribution in [3.63, 3.8) is 0 Å². The molecule has 0 aromatic carbocycles. The van der Waals surface area contributed by atoms with Gasteiger partial charge in [0.25, 0.3) is 0 Å². The Labute approximate surface area is 138 Å². The molecule has 2 N–H and O–H groups in total. The Balaban J connectivity index is 3.02. The fourth-order valence-corrected chi connectivity index (χ4v) is 4.01. The fourth-order valence-electron chi connectivity index (χ4n) is 4.01. The highest BCUT2D eigenvalue weighted by Gasteiger charge is 2.25. The number of hydrogen-bond donors (Lipinski definition) is 1. The molecule has 1 rings (SSSR count). The van der Waals surface area contributed by atoms with Crippen molar-refractivity contribution in [2.75, 3.05) is 0 Å². The van der Waals surface area contributed by atoms with E-state index in [1.54, 1.807) is 0 Å². The Kier molecular flexibility index (Phi) is 7.45. The average Bonchev–Trinajstić information content (AvgIpc) is 2.46. The van der Waals surface area contributed by atoms with Gasteiger partial charge in [-0.05, 0) is 68.9 Å². The van der Waals surface area contributed by atoms with Gasteiger partial charge in [-0.1, -0.05) is 57.8 Å². The molecule has 0 bridgehead atoms. The maximum Gasteiger partial charge on any atom is 0.0316 e. The third kappa shape index (κ3) is 4.76. The van der Waals surface area contributed by atoms with Crippen LogP contribution in [0.15, 0.2) is 34.6 Å². The molecule has 0 saturated heterocycles. The Morgan fingerprint density at radius 2 is 1.68 bits per heavy atom. The second-order valence-corrected chi connectivity index (χ2v) is 7.55. The zero-order chi connectivity index (χ0) is 16.9. The van der Waals surface area contributed by atoms with E-state index < -0.39 is 0 Å². The molecule has 1 aliphatic rings. The van der Waals surface area contributed by atoms with Crippen molar-refractivity contribution in [1.82, 2.24) is 0 Å². The van der Waals surface area contributed by atoms with Crippen LogP contribution in [0.25, 0.3) is 0 Å². The first-order valence-electron chi connectivity index (χ1n) is 9.11. The minimum atomic E-state index is 0.649. The highest BCUT2D eigenvalue weighted by atomic mass is 14.6. The van der Waals surface area contributed by atoms with Gasteiger partial charge in [0.15, 0.2) is 0 Å². The molecule has 0 aliphatic heterocycles. The molecule has 0 heterocycles.